The Morgan fingerprint density at radius 2 is 1.33 bits per heavy atom. The number of anilines is 1. The molecule has 0 unspecified atom stereocenters. The third-order valence-corrected chi connectivity index (χ3v) is 3.92. The van der Waals surface area contributed by atoms with E-state index in [1.165, 1.54) is 37.3 Å². The van der Waals surface area contributed by atoms with E-state index in [0.717, 1.165) is 13.1 Å². The molecule has 1 fully saturated rings. The quantitative estimate of drug-likeness (QED) is 0.789. The standard InChI is InChI=1S/C16H26N2.C3H8/c1-5-17-10-12-18(13-11-17)15-8-6-14(7-9-15)16(2,3)4;1-3-2/h6-9H,5,10-13H2,1-4H3;3H2,1-2H3. The van der Waals surface area contributed by atoms with E-state index >= 15 is 0 Å². The summed E-state index contributed by atoms with van der Waals surface area (Å²) in [6, 6.07) is 9.12. The molecule has 21 heavy (non-hydrogen) atoms. The van der Waals surface area contributed by atoms with Crippen molar-refractivity contribution < 1.29 is 0 Å². The molecule has 0 aromatic heterocycles. The normalized spacial score (nSPS) is 16.4. The van der Waals surface area contributed by atoms with Crippen molar-refractivity contribution in [3.05, 3.63) is 29.8 Å². The summed E-state index contributed by atoms with van der Waals surface area (Å²) in [6.45, 7) is 19.2. The third-order valence-electron chi connectivity index (χ3n) is 3.92. The average Bonchev–Trinajstić information content (AvgIpc) is 2.47. The van der Waals surface area contributed by atoms with Gasteiger partial charge in [-0.1, -0.05) is 60.1 Å². The minimum absolute atomic E-state index is 0.249. The zero-order valence-electron chi connectivity index (χ0n) is 14.9. The van der Waals surface area contributed by atoms with Gasteiger partial charge in [-0.15, -0.1) is 0 Å². The van der Waals surface area contributed by atoms with E-state index in [0.29, 0.717) is 0 Å². The van der Waals surface area contributed by atoms with Crippen molar-refractivity contribution in [2.75, 3.05) is 37.6 Å². The molecule has 0 N–H and O–H groups in total. The number of piperazine rings is 1. The van der Waals surface area contributed by atoms with Gasteiger partial charge in [0.25, 0.3) is 0 Å². The van der Waals surface area contributed by atoms with Gasteiger partial charge < -0.3 is 9.80 Å². The molecule has 120 valence electrons. The first-order valence-electron chi connectivity index (χ1n) is 8.50. The van der Waals surface area contributed by atoms with Crippen LogP contribution in [0.1, 0.15) is 53.5 Å². The second-order valence-corrected chi connectivity index (χ2v) is 6.93. The first kappa shape index (κ1) is 18.0. The molecule has 1 aromatic carbocycles. The molecule has 1 aliphatic heterocycles. The highest BCUT2D eigenvalue weighted by Crippen LogP contribution is 2.25. The molecule has 2 heteroatoms. The maximum Gasteiger partial charge on any atom is 0.0367 e. The fourth-order valence-electron chi connectivity index (χ4n) is 2.49. The van der Waals surface area contributed by atoms with Crippen LogP contribution >= 0.6 is 0 Å². The van der Waals surface area contributed by atoms with Crippen molar-refractivity contribution in [3.63, 3.8) is 0 Å². The van der Waals surface area contributed by atoms with Crippen molar-refractivity contribution in [1.82, 2.24) is 4.90 Å². The van der Waals surface area contributed by atoms with Gasteiger partial charge >= 0.3 is 0 Å². The van der Waals surface area contributed by atoms with Gasteiger partial charge in [0.15, 0.2) is 0 Å². The Labute approximate surface area is 132 Å². The topological polar surface area (TPSA) is 6.48 Å². The number of benzene rings is 1. The summed E-state index contributed by atoms with van der Waals surface area (Å²) >= 11 is 0. The lowest BCUT2D eigenvalue weighted by Gasteiger charge is -2.35. The average molecular weight is 290 g/mol. The van der Waals surface area contributed by atoms with Crippen LogP contribution in [0.5, 0.6) is 0 Å². The highest BCUT2D eigenvalue weighted by molar-refractivity contribution is 5.49. The molecule has 0 atom stereocenters. The molecule has 2 rings (SSSR count). The predicted molar refractivity (Wildman–Crippen MR) is 95.4 cm³/mol. The molecule has 0 radical (unpaired) electrons. The summed E-state index contributed by atoms with van der Waals surface area (Å²) in [5.41, 5.74) is 3.04. The largest absolute Gasteiger partial charge is 0.369 e. The zero-order valence-corrected chi connectivity index (χ0v) is 14.9. The lowest BCUT2D eigenvalue weighted by molar-refractivity contribution is 0.271. The van der Waals surface area contributed by atoms with Gasteiger partial charge in [-0.2, -0.15) is 0 Å². The Hall–Kier alpha value is -1.02. The smallest absolute Gasteiger partial charge is 0.0367 e. The number of nitrogens with zero attached hydrogens (tertiary/aromatic N) is 2. The Morgan fingerprint density at radius 1 is 0.857 bits per heavy atom. The number of hydrogen-bond donors (Lipinski definition) is 0. The van der Waals surface area contributed by atoms with E-state index in [-0.39, 0.29) is 5.41 Å². The van der Waals surface area contributed by atoms with Crippen LogP contribution in [0.3, 0.4) is 0 Å². The predicted octanol–water partition coefficient (Wildman–Crippen LogP) is 4.54. The molecule has 0 aliphatic carbocycles. The van der Waals surface area contributed by atoms with Crippen molar-refractivity contribution in [2.45, 2.75) is 53.4 Å². The van der Waals surface area contributed by atoms with E-state index in [2.05, 4.69) is 75.6 Å². The van der Waals surface area contributed by atoms with Crippen molar-refractivity contribution in [1.29, 1.82) is 0 Å². The lowest BCUT2D eigenvalue weighted by Crippen LogP contribution is -2.46. The van der Waals surface area contributed by atoms with Crippen LogP contribution in [0.15, 0.2) is 24.3 Å². The van der Waals surface area contributed by atoms with Crippen molar-refractivity contribution in [2.24, 2.45) is 0 Å². The van der Waals surface area contributed by atoms with E-state index in [4.69, 9.17) is 0 Å². The van der Waals surface area contributed by atoms with Crippen molar-refractivity contribution >= 4 is 5.69 Å². The number of hydrogen-bond acceptors (Lipinski definition) is 2. The summed E-state index contributed by atoms with van der Waals surface area (Å²) in [5, 5.41) is 0. The number of likely N-dealkylation sites (N-methyl/N-ethyl adjacent to an activating group) is 1. The molecule has 0 spiro atoms. The second kappa shape index (κ2) is 8.43. The molecule has 0 amide bonds. The van der Waals surface area contributed by atoms with Crippen molar-refractivity contribution in [3.8, 4) is 0 Å². The molecule has 2 nitrogen and oxygen atoms in total. The maximum absolute atomic E-state index is 2.51. The van der Waals surface area contributed by atoms with E-state index in [9.17, 15) is 0 Å². The monoisotopic (exact) mass is 290 g/mol. The van der Waals surface area contributed by atoms with Gasteiger partial charge in [0, 0.05) is 31.9 Å². The molecule has 1 aliphatic rings. The van der Waals surface area contributed by atoms with Crippen LogP contribution in [0.2, 0.25) is 0 Å². The van der Waals surface area contributed by atoms with Crippen LogP contribution in [0.25, 0.3) is 0 Å². The van der Waals surface area contributed by atoms with Crippen LogP contribution in [-0.4, -0.2) is 37.6 Å². The summed E-state index contributed by atoms with van der Waals surface area (Å²) < 4.78 is 0. The Bertz CT molecular complexity index is 381. The minimum Gasteiger partial charge on any atom is -0.369 e. The molecule has 0 bridgehead atoms. The highest BCUT2D eigenvalue weighted by atomic mass is 15.3. The van der Waals surface area contributed by atoms with E-state index in [1.54, 1.807) is 0 Å². The Kier molecular flexibility index (Phi) is 7.24. The molecular weight excluding hydrogens is 256 g/mol. The van der Waals surface area contributed by atoms with Gasteiger partial charge in [-0.3, -0.25) is 0 Å². The Morgan fingerprint density at radius 3 is 1.71 bits per heavy atom. The molecular formula is C19H34N2. The maximum atomic E-state index is 2.51. The number of rotatable bonds is 2. The van der Waals surface area contributed by atoms with Gasteiger partial charge in [-0.25, -0.2) is 0 Å². The van der Waals surface area contributed by atoms with Crippen LogP contribution in [0.4, 0.5) is 5.69 Å². The van der Waals surface area contributed by atoms with Gasteiger partial charge in [-0.05, 0) is 29.7 Å². The SMILES string of the molecule is CCC.CCN1CCN(c2ccc(C(C)(C)C)cc2)CC1. The molecule has 1 aromatic rings. The van der Waals surface area contributed by atoms with E-state index < -0.39 is 0 Å². The first-order chi connectivity index (χ1) is 9.92. The highest BCUT2D eigenvalue weighted by Gasteiger charge is 2.17. The Balaban J connectivity index is 0.000000677. The second-order valence-electron chi connectivity index (χ2n) is 6.93. The third kappa shape index (κ3) is 5.70. The fourth-order valence-corrected chi connectivity index (χ4v) is 2.49. The minimum atomic E-state index is 0.249. The molecule has 1 heterocycles. The summed E-state index contributed by atoms with van der Waals surface area (Å²) in [6.07, 6.45) is 1.25. The van der Waals surface area contributed by atoms with Crippen LogP contribution in [0, 0.1) is 0 Å². The fraction of sp³-hybridized carbons (Fsp3) is 0.684. The van der Waals surface area contributed by atoms with Gasteiger partial charge in [0.2, 0.25) is 0 Å². The lowest BCUT2D eigenvalue weighted by atomic mass is 9.87. The van der Waals surface area contributed by atoms with Crippen LogP contribution < -0.4 is 4.90 Å². The van der Waals surface area contributed by atoms with E-state index in [1.807, 2.05) is 0 Å². The summed E-state index contributed by atoms with van der Waals surface area (Å²) in [7, 11) is 0. The van der Waals surface area contributed by atoms with Crippen LogP contribution in [-0.2, 0) is 5.41 Å². The summed E-state index contributed by atoms with van der Waals surface area (Å²) in [4.78, 5) is 5.01. The van der Waals surface area contributed by atoms with Gasteiger partial charge in [0.05, 0.1) is 0 Å². The zero-order chi connectivity index (χ0) is 15.9. The molecule has 1 saturated heterocycles. The van der Waals surface area contributed by atoms with Gasteiger partial charge in [0.1, 0.15) is 0 Å². The summed E-state index contributed by atoms with van der Waals surface area (Å²) in [5.74, 6) is 0. The first-order valence-corrected chi connectivity index (χ1v) is 8.50. The molecule has 0 saturated carbocycles.